The lowest BCUT2D eigenvalue weighted by atomic mass is 9.87. The summed E-state index contributed by atoms with van der Waals surface area (Å²) in [7, 11) is 0. The summed E-state index contributed by atoms with van der Waals surface area (Å²) in [5.41, 5.74) is 0. The van der Waals surface area contributed by atoms with Crippen molar-refractivity contribution in [3.63, 3.8) is 0 Å². The van der Waals surface area contributed by atoms with E-state index < -0.39 is 25.2 Å². The van der Waals surface area contributed by atoms with Gasteiger partial charge in [-0.1, -0.05) is 6.92 Å². The van der Waals surface area contributed by atoms with Crippen molar-refractivity contribution in [3.05, 3.63) is 0 Å². The first kappa shape index (κ1) is 4.75. The summed E-state index contributed by atoms with van der Waals surface area (Å²) in [6.07, 6.45) is -2.48. The minimum absolute atomic E-state index is 0.0655. The molecule has 0 N–H and O–H groups in total. The van der Waals surface area contributed by atoms with Gasteiger partial charge in [-0.2, -0.15) is 0 Å². The Morgan fingerprint density at radius 3 is 2.91 bits per heavy atom. The predicted octanol–water partition coefficient (Wildman–Crippen LogP) is 1.84. The van der Waals surface area contributed by atoms with Gasteiger partial charge in [0.2, 0.25) is 6.43 Å². The van der Waals surface area contributed by atoms with E-state index in [4.69, 9.17) is 5.48 Å². The monoisotopic (exact) mass is 167 g/mol. The van der Waals surface area contributed by atoms with Crippen LogP contribution in [0.1, 0.15) is 18.8 Å². The fourth-order valence-corrected chi connectivity index (χ4v) is 1.38. The average Bonchev–Trinajstić information content (AvgIpc) is 1.99. The summed E-state index contributed by atoms with van der Waals surface area (Å²) >= 11 is 0. The van der Waals surface area contributed by atoms with Crippen molar-refractivity contribution in [1.29, 1.82) is 0 Å². The van der Waals surface area contributed by atoms with Gasteiger partial charge in [-0.15, -0.1) is 0 Å². The van der Waals surface area contributed by atoms with E-state index in [0.29, 0.717) is 0 Å². The molecule has 1 aliphatic rings. The molecule has 0 aromatic carbocycles. The second kappa shape index (κ2) is 3.48. The molecule has 1 rings (SSSR count). The maximum absolute atomic E-state index is 12.6. The van der Waals surface area contributed by atoms with Gasteiger partial charge in [0, 0.05) is 17.9 Å². The van der Waals surface area contributed by atoms with E-state index in [1.807, 2.05) is 0 Å². The van der Waals surface area contributed by atoms with Crippen LogP contribution in [0.5, 0.6) is 0 Å². The highest BCUT2D eigenvalue weighted by atomic mass is 19.3. The highest BCUT2D eigenvalue weighted by Gasteiger charge is 2.30. The van der Waals surface area contributed by atoms with E-state index in [1.54, 1.807) is 0 Å². The second-order valence-corrected chi connectivity index (χ2v) is 3.00. The fourth-order valence-electron chi connectivity index (χ4n) is 1.38. The molecule has 0 aromatic heterocycles. The van der Waals surface area contributed by atoms with Gasteiger partial charge in [0.15, 0.2) is 0 Å². The molecule has 3 heteroatoms. The van der Waals surface area contributed by atoms with Crippen molar-refractivity contribution in [3.8, 4) is 0 Å². The zero-order valence-electron chi connectivity index (χ0n) is 10.5. The molecule has 0 unspecified atom stereocenters. The minimum Gasteiger partial charge on any atom is -0.306 e. The molecule has 0 radical (unpaired) electrons. The lowest BCUT2D eigenvalue weighted by molar-refractivity contribution is 0.00810. The molecule has 0 aromatic rings. The van der Waals surface area contributed by atoms with Gasteiger partial charge in [-0.3, -0.25) is 0 Å². The smallest absolute Gasteiger partial charge is 0.241 e. The average molecular weight is 167 g/mol. The molecule has 1 fully saturated rings. The Morgan fingerprint density at radius 1 is 1.73 bits per heavy atom. The first-order chi connectivity index (χ1) is 6.64. The topological polar surface area (TPSA) is 3.24 Å². The first-order valence-corrected chi connectivity index (χ1v) is 3.68. The molecule has 1 heterocycles. The van der Waals surface area contributed by atoms with Crippen molar-refractivity contribution in [1.82, 2.24) is 4.90 Å². The van der Waals surface area contributed by atoms with Crippen LogP contribution >= 0.6 is 0 Å². The van der Waals surface area contributed by atoms with E-state index in [9.17, 15) is 8.78 Å². The maximum Gasteiger partial charge on any atom is 0.241 e. The Bertz CT molecular complexity index is 229. The molecule has 2 atom stereocenters. The van der Waals surface area contributed by atoms with E-state index >= 15 is 0 Å². The lowest BCUT2D eigenvalue weighted by Crippen LogP contribution is -2.39. The number of nitrogens with zero attached hydrogens (tertiary/aromatic N) is 1. The quantitative estimate of drug-likeness (QED) is 0.576. The Hall–Kier alpha value is -0.180. The molecule has 0 amide bonds. The summed E-state index contributed by atoms with van der Waals surface area (Å²) in [5.74, 6) is -2.42. The Labute approximate surface area is 72.0 Å². The molecule has 0 bridgehead atoms. The van der Waals surface area contributed by atoms with Gasteiger partial charge in [0.1, 0.15) is 0 Å². The normalized spacial score (nSPS) is 47.8. The number of rotatable bonds is 1. The van der Waals surface area contributed by atoms with Crippen LogP contribution in [0.25, 0.3) is 0 Å². The molecule has 0 spiro atoms. The van der Waals surface area contributed by atoms with Crippen LogP contribution < -0.4 is 0 Å². The molecule has 1 nitrogen and oxygen atoms in total. The zero-order valence-corrected chi connectivity index (χ0v) is 6.48. The van der Waals surface area contributed by atoms with Crippen LogP contribution in [0, 0.1) is 11.8 Å². The van der Waals surface area contributed by atoms with Crippen molar-refractivity contribution in [2.24, 2.45) is 11.8 Å². The van der Waals surface area contributed by atoms with Gasteiger partial charge in [0.05, 0.1) is 0 Å². The third-order valence-corrected chi connectivity index (χ3v) is 2.09. The zero-order chi connectivity index (χ0) is 11.9. The summed E-state index contributed by atoms with van der Waals surface area (Å²) in [5, 5.41) is 0. The molecule has 0 saturated carbocycles. The van der Waals surface area contributed by atoms with Crippen molar-refractivity contribution in [2.45, 2.75) is 19.8 Å². The summed E-state index contributed by atoms with van der Waals surface area (Å²) in [4.78, 5) is 1.12. The van der Waals surface area contributed by atoms with Crippen molar-refractivity contribution in [2.75, 3.05) is 20.1 Å². The number of halogens is 2. The SMILES string of the molecule is [2H]C([2H])([2H])N1CC[C@H](C(F)F)[C@]([2H])(C)C1. The third-order valence-electron chi connectivity index (χ3n) is 2.09. The lowest BCUT2D eigenvalue weighted by Gasteiger charge is -2.34. The van der Waals surface area contributed by atoms with E-state index in [-0.39, 0.29) is 19.5 Å². The molecular weight excluding hydrogens is 148 g/mol. The van der Waals surface area contributed by atoms with Crippen LogP contribution in [-0.2, 0) is 0 Å². The van der Waals surface area contributed by atoms with E-state index in [1.165, 1.54) is 6.92 Å². The van der Waals surface area contributed by atoms with Gasteiger partial charge in [-0.05, 0) is 25.8 Å². The maximum atomic E-state index is 12.6. The third kappa shape index (κ3) is 2.12. The Balaban J connectivity index is 2.73. The van der Waals surface area contributed by atoms with Gasteiger partial charge in [0.25, 0.3) is 0 Å². The van der Waals surface area contributed by atoms with E-state index in [0.717, 1.165) is 4.90 Å². The van der Waals surface area contributed by atoms with Gasteiger partial charge < -0.3 is 4.90 Å². The molecule has 1 saturated heterocycles. The van der Waals surface area contributed by atoms with Crippen LogP contribution in [0.3, 0.4) is 0 Å². The number of alkyl halides is 2. The second-order valence-electron chi connectivity index (χ2n) is 3.00. The van der Waals surface area contributed by atoms with Crippen molar-refractivity contribution >= 4 is 0 Å². The van der Waals surface area contributed by atoms with Gasteiger partial charge >= 0.3 is 0 Å². The fraction of sp³-hybridized carbons (Fsp3) is 1.00. The standard InChI is InChI=1S/C8H15F2N/c1-6-5-11(2)4-3-7(6)8(9)10/h6-8H,3-5H2,1-2H3/t6-,7+/m1/s1/i2D3,6D. The van der Waals surface area contributed by atoms with Crippen LogP contribution in [0.15, 0.2) is 0 Å². The number of likely N-dealkylation sites (tertiary alicyclic amines) is 1. The summed E-state index contributed by atoms with van der Waals surface area (Å²) in [6, 6.07) is 0. The summed E-state index contributed by atoms with van der Waals surface area (Å²) in [6.45, 7) is -0.921. The number of hydrogen-bond donors (Lipinski definition) is 0. The Kier molecular flexibility index (Phi) is 1.50. The first-order valence-electron chi connectivity index (χ1n) is 5.68. The molecule has 11 heavy (non-hydrogen) atoms. The largest absolute Gasteiger partial charge is 0.306 e. The molecule has 0 aliphatic carbocycles. The highest BCUT2D eigenvalue weighted by Crippen LogP contribution is 2.27. The van der Waals surface area contributed by atoms with E-state index in [2.05, 4.69) is 0 Å². The molecule has 66 valence electrons. The highest BCUT2D eigenvalue weighted by molar-refractivity contribution is 4.77. The Morgan fingerprint density at radius 2 is 2.45 bits per heavy atom. The van der Waals surface area contributed by atoms with Gasteiger partial charge in [-0.25, -0.2) is 8.78 Å². The summed E-state index contributed by atoms with van der Waals surface area (Å²) < 4.78 is 54.4. The number of hydrogen-bond acceptors (Lipinski definition) is 1. The predicted molar refractivity (Wildman–Crippen MR) is 40.8 cm³/mol. The molecular formula is C8H15F2N. The number of piperidine rings is 1. The molecule has 1 aliphatic heterocycles. The van der Waals surface area contributed by atoms with Crippen LogP contribution in [0.4, 0.5) is 8.78 Å². The van der Waals surface area contributed by atoms with Crippen molar-refractivity contribution < 1.29 is 14.3 Å². The minimum atomic E-state index is -2.55. The van der Waals surface area contributed by atoms with Crippen LogP contribution in [0.2, 0.25) is 0 Å². The van der Waals surface area contributed by atoms with Crippen LogP contribution in [-0.4, -0.2) is 31.4 Å².